The van der Waals surface area contributed by atoms with Gasteiger partial charge in [0.1, 0.15) is 5.75 Å². The van der Waals surface area contributed by atoms with E-state index in [9.17, 15) is 0 Å². The first kappa shape index (κ1) is 9.46. The third-order valence-electron chi connectivity index (χ3n) is 3.12. The molecule has 1 aliphatic rings. The normalized spacial score (nSPS) is 20.2. The van der Waals surface area contributed by atoms with Gasteiger partial charge in [0.25, 0.3) is 0 Å². The van der Waals surface area contributed by atoms with Crippen molar-refractivity contribution in [1.29, 1.82) is 0 Å². The lowest BCUT2D eigenvalue weighted by molar-refractivity contribution is 0.393. The fraction of sp³-hybridized carbons (Fsp3) is 0.545. The molecule has 1 heterocycles. The summed E-state index contributed by atoms with van der Waals surface area (Å²) in [5.74, 6) is 0.863. The van der Waals surface area contributed by atoms with Crippen LogP contribution in [0.25, 0.3) is 0 Å². The van der Waals surface area contributed by atoms with Crippen LogP contribution in [-0.4, -0.2) is 18.1 Å². The molecule has 76 valence electrons. The van der Waals surface area contributed by atoms with Gasteiger partial charge in [0.2, 0.25) is 0 Å². The molecule has 3 nitrogen and oxygen atoms in total. The number of pyridine rings is 1. The monoisotopic (exact) mass is 192 g/mol. The quantitative estimate of drug-likeness (QED) is 0.789. The first-order valence-electron chi connectivity index (χ1n) is 4.96. The molecule has 2 N–H and O–H groups in total. The van der Waals surface area contributed by atoms with E-state index in [1.807, 2.05) is 19.1 Å². The zero-order chi connectivity index (χ0) is 10.2. The van der Waals surface area contributed by atoms with Gasteiger partial charge >= 0.3 is 0 Å². The maximum atomic E-state index is 5.99. The largest absolute Gasteiger partial charge is 0.495 e. The lowest BCUT2D eigenvalue weighted by Gasteiger charge is -2.20. The Morgan fingerprint density at radius 2 is 2.29 bits per heavy atom. The first-order chi connectivity index (χ1) is 6.70. The van der Waals surface area contributed by atoms with Crippen LogP contribution in [0, 0.1) is 0 Å². The lowest BCUT2D eigenvalue weighted by atomic mass is 9.93. The van der Waals surface area contributed by atoms with Crippen LogP contribution >= 0.6 is 0 Å². The summed E-state index contributed by atoms with van der Waals surface area (Å²) < 4.78 is 5.30. The first-order valence-corrected chi connectivity index (χ1v) is 4.96. The minimum Gasteiger partial charge on any atom is -0.495 e. The topological polar surface area (TPSA) is 48.1 Å². The third-order valence-corrected chi connectivity index (χ3v) is 3.12. The van der Waals surface area contributed by atoms with Gasteiger partial charge in [-0.3, -0.25) is 4.98 Å². The Balaban J connectivity index is 2.41. The summed E-state index contributed by atoms with van der Waals surface area (Å²) in [7, 11) is 1.68. The maximum Gasteiger partial charge on any atom is 0.140 e. The van der Waals surface area contributed by atoms with Crippen LogP contribution in [0.2, 0.25) is 0 Å². The van der Waals surface area contributed by atoms with E-state index >= 15 is 0 Å². The zero-order valence-corrected chi connectivity index (χ0v) is 8.66. The van der Waals surface area contributed by atoms with Crippen molar-refractivity contribution < 1.29 is 4.74 Å². The lowest BCUT2D eigenvalue weighted by Crippen LogP contribution is -2.32. The molecular formula is C11H16N2O. The SMILES string of the molecule is COc1cccnc1C1(C(C)N)CC1. The van der Waals surface area contributed by atoms with E-state index in [1.165, 1.54) is 0 Å². The summed E-state index contributed by atoms with van der Waals surface area (Å²) >= 11 is 0. The van der Waals surface area contributed by atoms with Crippen molar-refractivity contribution in [3.05, 3.63) is 24.0 Å². The predicted molar refractivity (Wildman–Crippen MR) is 55.4 cm³/mol. The second kappa shape index (κ2) is 3.24. The van der Waals surface area contributed by atoms with Gasteiger partial charge in [-0.25, -0.2) is 0 Å². The number of nitrogens with two attached hydrogens (primary N) is 1. The summed E-state index contributed by atoms with van der Waals surface area (Å²) in [6.45, 7) is 2.04. The maximum absolute atomic E-state index is 5.99. The number of ether oxygens (including phenoxy) is 1. The average Bonchev–Trinajstić information content (AvgIpc) is 2.98. The van der Waals surface area contributed by atoms with Gasteiger partial charge in [-0.1, -0.05) is 0 Å². The number of hydrogen-bond acceptors (Lipinski definition) is 3. The Morgan fingerprint density at radius 1 is 1.57 bits per heavy atom. The highest BCUT2D eigenvalue weighted by molar-refractivity contribution is 5.39. The van der Waals surface area contributed by atoms with Gasteiger partial charge in [0, 0.05) is 17.7 Å². The molecule has 0 aliphatic heterocycles. The van der Waals surface area contributed by atoms with Crippen LogP contribution in [-0.2, 0) is 5.41 Å². The van der Waals surface area contributed by atoms with Crippen molar-refractivity contribution in [2.24, 2.45) is 5.73 Å². The van der Waals surface area contributed by atoms with E-state index in [-0.39, 0.29) is 11.5 Å². The Kier molecular flexibility index (Phi) is 2.19. The third kappa shape index (κ3) is 1.28. The van der Waals surface area contributed by atoms with Gasteiger partial charge in [-0.15, -0.1) is 0 Å². The molecule has 3 heteroatoms. The highest BCUT2D eigenvalue weighted by Crippen LogP contribution is 2.51. The number of methoxy groups -OCH3 is 1. The van der Waals surface area contributed by atoms with Crippen LogP contribution < -0.4 is 10.5 Å². The molecular weight excluding hydrogens is 176 g/mol. The second-order valence-electron chi connectivity index (χ2n) is 4.00. The second-order valence-corrected chi connectivity index (χ2v) is 4.00. The van der Waals surface area contributed by atoms with Gasteiger partial charge in [-0.05, 0) is 31.9 Å². The average molecular weight is 192 g/mol. The molecule has 1 aromatic heterocycles. The van der Waals surface area contributed by atoms with Gasteiger partial charge in [0.05, 0.1) is 12.8 Å². The summed E-state index contributed by atoms with van der Waals surface area (Å²) in [4.78, 5) is 4.40. The Bertz CT molecular complexity index is 332. The van der Waals surface area contributed by atoms with Gasteiger partial charge < -0.3 is 10.5 Å². The molecule has 0 spiro atoms. The summed E-state index contributed by atoms with van der Waals surface area (Å²) in [5.41, 5.74) is 7.09. The molecule has 1 atom stereocenters. The molecule has 2 rings (SSSR count). The van der Waals surface area contributed by atoms with E-state index in [0.717, 1.165) is 24.3 Å². The number of nitrogens with zero attached hydrogens (tertiary/aromatic N) is 1. The molecule has 1 aliphatic carbocycles. The van der Waals surface area contributed by atoms with Gasteiger partial charge in [-0.2, -0.15) is 0 Å². The number of hydrogen-bond donors (Lipinski definition) is 1. The molecule has 0 bridgehead atoms. The fourth-order valence-electron chi connectivity index (χ4n) is 1.97. The van der Waals surface area contributed by atoms with Crippen molar-refractivity contribution in [2.75, 3.05) is 7.11 Å². The van der Waals surface area contributed by atoms with Crippen molar-refractivity contribution in [3.8, 4) is 5.75 Å². The minimum atomic E-state index is 0.0760. The molecule has 1 aromatic rings. The zero-order valence-electron chi connectivity index (χ0n) is 8.66. The van der Waals surface area contributed by atoms with Crippen LogP contribution in [0.1, 0.15) is 25.5 Å². The van der Waals surface area contributed by atoms with Crippen LogP contribution in [0.5, 0.6) is 5.75 Å². The Morgan fingerprint density at radius 3 is 2.79 bits per heavy atom. The number of rotatable bonds is 3. The molecule has 0 aromatic carbocycles. The molecule has 1 saturated carbocycles. The number of aromatic nitrogens is 1. The summed E-state index contributed by atoms with van der Waals surface area (Å²) in [6.07, 6.45) is 4.05. The van der Waals surface area contributed by atoms with Crippen molar-refractivity contribution in [1.82, 2.24) is 4.98 Å². The van der Waals surface area contributed by atoms with Crippen molar-refractivity contribution >= 4 is 0 Å². The molecule has 0 saturated heterocycles. The summed E-state index contributed by atoms with van der Waals surface area (Å²) in [5, 5.41) is 0. The van der Waals surface area contributed by atoms with E-state index in [0.29, 0.717) is 0 Å². The van der Waals surface area contributed by atoms with E-state index in [1.54, 1.807) is 13.3 Å². The smallest absolute Gasteiger partial charge is 0.140 e. The van der Waals surface area contributed by atoms with E-state index in [4.69, 9.17) is 10.5 Å². The van der Waals surface area contributed by atoms with E-state index < -0.39 is 0 Å². The standard InChI is InChI=1S/C11H16N2O/c1-8(12)11(5-6-11)10-9(14-2)4-3-7-13-10/h3-4,7-8H,5-6,12H2,1-2H3. The highest BCUT2D eigenvalue weighted by atomic mass is 16.5. The van der Waals surface area contributed by atoms with Crippen molar-refractivity contribution in [3.63, 3.8) is 0 Å². The summed E-state index contributed by atoms with van der Waals surface area (Å²) in [6, 6.07) is 3.98. The van der Waals surface area contributed by atoms with Crippen LogP contribution in [0.4, 0.5) is 0 Å². The highest BCUT2D eigenvalue weighted by Gasteiger charge is 2.50. The molecule has 0 radical (unpaired) electrons. The van der Waals surface area contributed by atoms with Crippen LogP contribution in [0.15, 0.2) is 18.3 Å². The minimum absolute atomic E-state index is 0.0760. The van der Waals surface area contributed by atoms with Crippen molar-refractivity contribution in [2.45, 2.75) is 31.2 Å². The fourth-order valence-corrected chi connectivity index (χ4v) is 1.97. The molecule has 14 heavy (non-hydrogen) atoms. The molecule has 1 fully saturated rings. The molecule has 1 unspecified atom stereocenters. The van der Waals surface area contributed by atoms with Gasteiger partial charge in [0.15, 0.2) is 0 Å². The van der Waals surface area contributed by atoms with E-state index in [2.05, 4.69) is 4.98 Å². The van der Waals surface area contributed by atoms with Crippen LogP contribution in [0.3, 0.4) is 0 Å². The molecule has 0 amide bonds. The Hall–Kier alpha value is -1.09. The predicted octanol–water partition coefficient (Wildman–Crippen LogP) is 1.47. The Labute approximate surface area is 84.3 Å².